The van der Waals surface area contributed by atoms with E-state index < -0.39 is 16.2 Å². The molecule has 4 N–H and O–H groups in total. The molecule has 0 bridgehead atoms. The summed E-state index contributed by atoms with van der Waals surface area (Å²) in [5.74, 6) is 2.89. The number of hydrogen-bond acceptors (Lipinski definition) is 6. The van der Waals surface area contributed by atoms with Gasteiger partial charge in [-0.15, -0.1) is 0 Å². The summed E-state index contributed by atoms with van der Waals surface area (Å²) in [4.78, 5) is 12.6. The Balaban J connectivity index is 1.19. The second-order valence-electron chi connectivity index (χ2n) is 15.3. The maximum atomic E-state index is 12.8. The predicted molar refractivity (Wildman–Crippen MR) is 163 cm³/mol. The van der Waals surface area contributed by atoms with Crippen molar-refractivity contribution in [1.29, 1.82) is 0 Å². The van der Waals surface area contributed by atoms with Gasteiger partial charge in [0.1, 0.15) is 0 Å². The van der Waals surface area contributed by atoms with Gasteiger partial charge in [0.05, 0.1) is 24.4 Å². The van der Waals surface area contributed by atoms with E-state index in [0.29, 0.717) is 42.1 Å². The monoisotopic (exact) mass is 611 g/mol. The molecule has 0 radical (unpaired) electrons. The number of nitrogens with zero attached hydrogens (tertiary/aromatic N) is 1. The van der Waals surface area contributed by atoms with Gasteiger partial charge in [-0.05, 0) is 117 Å². The van der Waals surface area contributed by atoms with Crippen molar-refractivity contribution in [2.75, 3.05) is 19.6 Å². The van der Waals surface area contributed by atoms with E-state index in [4.69, 9.17) is 4.74 Å². The molecule has 0 aromatic carbocycles. The van der Waals surface area contributed by atoms with Crippen LogP contribution in [0.5, 0.6) is 0 Å². The van der Waals surface area contributed by atoms with E-state index in [1.165, 1.54) is 10.7 Å². The number of hydrogen-bond donors (Lipinski definition) is 4. The van der Waals surface area contributed by atoms with Gasteiger partial charge in [-0.3, -0.25) is 0 Å². The van der Waals surface area contributed by atoms with Gasteiger partial charge in [0.2, 0.25) is 0 Å². The second kappa shape index (κ2) is 12.1. The Morgan fingerprint density at radius 1 is 1.00 bits per heavy atom. The number of amides is 2. The third-order valence-corrected chi connectivity index (χ3v) is 14.4. The van der Waals surface area contributed by atoms with Gasteiger partial charge in [0, 0.05) is 19.6 Å². The molecule has 42 heavy (non-hydrogen) atoms. The standard InChI is InChI=1S/C32H57N3O6S/c1-7-23-27-16-22(36)10-13-32(27,6)26-11-14-31(5)24(8-9-25(31)28(26)29(23)37)19(2)12-15-33-30(38)34-42(39,40)35-17-20(3)41-21(4)18-35/h19-29,36-37H,7-18H2,1-6H3,(H2,33,34,38)/t19-,20-,21+,22-,23-,24-,25+,26+,27+,28+,29-,31-,32-/m1/s1. The Morgan fingerprint density at radius 3 is 2.31 bits per heavy atom. The summed E-state index contributed by atoms with van der Waals surface area (Å²) in [6, 6.07) is -0.679. The van der Waals surface area contributed by atoms with Gasteiger partial charge in [-0.1, -0.05) is 34.1 Å². The van der Waals surface area contributed by atoms with Crippen LogP contribution in [0.4, 0.5) is 4.79 Å². The van der Waals surface area contributed by atoms with Crippen LogP contribution in [0.25, 0.3) is 0 Å². The van der Waals surface area contributed by atoms with Crippen molar-refractivity contribution >= 4 is 16.2 Å². The summed E-state index contributed by atoms with van der Waals surface area (Å²) in [6.45, 7) is 14.0. The first-order valence-electron chi connectivity index (χ1n) is 16.8. The van der Waals surface area contributed by atoms with E-state index in [0.717, 1.165) is 51.4 Å². The lowest BCUT2D eigenvalue weighted by molar-refractivity contribution is -0.203. The molecule has 5 aliphatic rings. The van der Waals surface area contributed by atoms with Gasteiger partial charge < -0.3 is 20.3 Å². The highest BCUT2D eigenvalue weighted by Gasteiger charge is 2.64. The summed E-state index contributed by atoms with van der Waals surface area (Å²) in [5, 5.41) is 25.2. The smallest absolute Gasteiger partial charge is 0.329 e. The minimum Gasteiger partial charge on any atom is -0.393 e. The molecule has 4 aliphatic carbocycles. The molecule has 13 atom stereocenters. The fraction of sp³-hybridized carbons (Fsp3) is 0.969. The SMILES string of the molecule is CC[C@H]1[C@@H](O)[C@@H]2[C@H](CC[C@]3(C)[C@@H]([C@H](C)CCNC(=O)NS(=O)(=O)N4C[C@@H](C)O[C@@H](C)C4)CC[C@@H]23)[C@@]2(C)CC[C@@H](O)C[C@@H]12. The molecule has 0 unspecified atom stereocenters. The molecular weight excluding hydrogens is 554 g/mol. The van der Waals surface area contributed by atoms with E-state index >= 15 is 0 Å². The third-order valence-electron chi connectivity index (χ3n) is 13.0. The Morgan fingerprint density at radius 2 is 1.64 bits per heavy atom. The summed E-state index contributed by atoms with van der Waals surface area (Å²) in [6.07, 6.45) is 8.19. The van der Waals surface area contributed by atoms with E-state index in [1.807, 2.05) is 13.8 Å². The Labute approximate surface area is 254 Å². The minimum atomic E-state index is -3.93. The number of carbonyl (C=O) groups excluding carboxylic acids is 1. The number of carbonyl (C=O) groups is 1. The van der Waals surface area contributed by atoms with E-state index in [-0.39, 0.29) is 54.3 Å². The van der Waals surface area contributed by atoms with Crippen LogP contribution in [-0.4, -0.2) is 73.0 Å². The largest absolute Gasteiger partial charge is 0.393 e. The van der Waals surface area contributed by atoms with Crippen LogP contribution in [0.1, 0.15) is 99.3 Å². The molecular formula is C32H57N3O6S. The van der Waals surface area contributed by atoms with Crippen molar-refractivity contribution in [3.05, 3.63) is 0 Å². The van der Waals surface area contributed by atoms with Crippen molar-refractivity contribution in [2.45, 2.75) is 124 Å². The van der Waals surface area contributed by atoms with Gasteiger partial charge >= 0.3 is 16.2 Å². The number of aliphatic hydroxyl groups excluding tert-OH is 2. The number of ether oxygens (including phenoxy) is 1. The number of urea groups is 1. The first-order chi connectivity index (χ1) is 19.7. The molecule has 4 saturated carbocycles. The van der Waals surface area contributed by atoms with Crippen LogP contribution in [0, 0.1) is 52.3 Å². The zero-order chi connectivity index (χ0) is 30.6. The molecule has 1 aliphatic heterocycles. The molecule has 1 heterocycles. The quantitative estimate of drug-likeness (QED) is 0.340. The van der Waals surface area contributed by atoms with E-state index in [1.54, 1.807) is 0 Å². The molecule has 1 saturated heterocycles. The average Bonchev–Trinajstić information content (AvgIpc) is 3.26. The van der Waals surface area contributed by atoms with E-state index in [9.17, 15) is 23.4 Å². The zero-order valence-corrected chi connectivity index (χ0v) is 27.5. The minimum absolute atomic E-state index is 0.159. The molecule has 242 valence electrons. The van der Waals surface area contributed by atoms with Crippen molar-refractivity contribution in [1.82, 2.24) is 14.3 Å². The summed E-state index contributed by atoms with van der Waals surface area (Å²) in [5.41, 5.74) is 0.357. The van der Waals surface area contributed by atoms with Gasteiger partial charge in [-0.2, -0.15) is 12.7 Å². The van der Waals surface area contributed by atoms with Crippen LogP contribution in [0.15, 0.2) is 0 Å². The maximum absolute atomic E-state index is 12.8. The Hall–Kier alpha value is -0.940. The number of nitrogens with one attached hydrogen (secondary N) is 2. The average molecular weight is 612 g/mol. The molecule has 5 fully saturated rings. The zero-order valence-electron chi connectivity index (χ0n) is 26.7. The first-order valence-corrected chi connectivity index (χ1v) is 18.2. The van der Waals surface area contributed by atoms with Gasteiger partial charge in [-0.25, -0.2) is 9.52 Å². The fourth-order valence-corrected chi connectivity index (χ4v) is 12.3. The molecule has 9 nitrogen and oxygen atoms in total. The second-order valence-corrected chi connectivity index (χ2v) is 17.0. The van der Waals surface area contributed by atoms with E-state index in [2.05, 4.69) is 37.7 Å². The van der Waals surface area contributed by atoms with Crippen LogP contribution < -0.4 is 10.0 Å². The normalized spacial score (nSPS) is 46.7. The summed E-state index contributed by atoms with van der Waals surface area (Å²) < 4.78 is 34.6. The maximum Gasteiger partial charge on any atom is 0.329 e. The topological polar surface area (TPSA) is 128 Å². The summed E-state index contributed by atoms with van der Waals surface area (Å²) >= 11 is 0. The number of aliphatic hydroxyl groups is 2. The highest BCUT2D eigenvalue weighted by Crippen LogP contribution is 2.69. The lowest BCUT2D eigenvalue weighted by Crippen LogP contribution is -2.62. The lowest BCUT2D eigenvalue weighted by atomic mass is 9.41. The molecule has 0 aromatic heterocycles. The number of morpholine rings is 1. The number of fused-ring (bicyclic) bond motifs is 5. The molecule has 0 spiro atoms. The van der Waals surface area contributed by atoms with Crippen molar-refractivity contribution < 1.29 is 28.2 Å². The van der Waals surface area contributed by atoms with Crippen molar-refractivity contribution in [3.8, 4) is 0 Å². The Kier molecular flexibility index (Phi) is 9.35. The van der Waals surface area contributed by atoms with Crippen LogP contribution in [-0.2, 0) is 14.9 Å². The van der Waals surface area contributed by atoms with Crippen LogP contribution in [0.3, 0.4) is 0 Å². The van der Waals surface area contributed by atoms with Gasteiger partial charge in [0.25, 0.3) is 0 Å². The van der Waals surface area contributed by atoms with Crippen LogP contribution in [0.2, 0.25) is 0 Å². The highest BCUT2D eigenvalue weighted by atomic mass is 32.2. The predicted octanol–water partition coefficient (Wildman–Crippen LogP) is 4.29. The van der Waals surface area contributed by atoms with Crippen LogP contribution >= 0.6 is 0 Å². The Bertz CT molecular complexity index is 1080. The summed E-state index contributed by atoms with van der Waals surface area (Å²) in [7, 11) is -3.93. The lowest BCUT2D eigenvalue weighted by Gasteiger charge is -2.64. The van der Waals surface area contributed by atoms with Crippen molar-refractivity contribution in [2.24, 2.45) is 52.3 Å². The van der Waals surface area contributed by atoms with Crippen molar-refractivity contribution in [3.63, 3.8) is 0 Å². The number of rotatable bonds is 7. The molecule has 10 heteroatoms. The molecule has 5 rings (SSSR count). The molecule has 0 aromatic rings. The molecule has 2 amide bonds. The third kappa shape index (κ3) is 5.77. The highest BCUT2D eigenvalue weighted by molar-refractivity contribution is 7.87. The fourth-order valence-electron chi connectivity index (χ4n) is 11.1. The first kappa shape index (κ1) is 32.5. The van der Waals surface area contributed by atoms with Gasteiger partial charge in [0.15, 0.2) is 0 Å².